The van der Waals surface area contributed by atoms with E-state index in [1.165, 1.54) is 30.7 Å². The number of phenolic OH excluding ortho intramolecular Hbond substituents is 1. The Balaban J connectivity index is 1.39. The molecule has 0 fully saturated rings. The number of aromatic hydroxyl groups is 1. The molecule has 0 bridgehead atoms. The van der Waals surface area contributed by atoms with Crippen LogP contribution in [0.2, 0.25) is 0 Å². The van der Waals surface area contributed by atoms with Crippen LogP contribution in [0.25, 0.3) is 10.8 Å². The fourth-order valence-electron chi connectivity index (χ4n) is 4.86. The number of anilines is 2. The van der Waals surface area contributed by atoms with Gasteiger partial charge in [-0.25, -0.2) is 8.42 Å². The SMILES string of the molecule is CCN(CC)S(=O)(=O)c1ccc(N=Nc2cc(OC)c(N=Nc3c(S)cc4cc(Nc5ccccc5)ccc4c3O)cc2OC)cc1. The minimum atomic E-state index is -3.58. The summed E-state index contributed by atoms with van der Waals surface area (Å²) < 4.78 is 38.0. The van der Waals surface area contributed by atoms with Gasteiger partial charge in [0.2, 0.25) is 10.0 Å². The molecular formula is C34H34N6O5S2. The highest BCUT2D eigenvalue weighted by atomic mass is 32.2. The van der Waals surface area contributed by atoms with Crippen LogP contribution in [-0.4, -0.2) is 45.1 Å². The van der Waals surface area contributed by atoms with Gasteiger partial charge in [-0.2, -0.15) is 9.42 Å². The molecule has 2 N–H and O–H groups in total. The van der Waals surface area contributed by atoms with Crippen molar-refractivity contribution in [3.8, 4) is 17.2 Å². The zero-order valence-corrected chi connectivity index (χ0v) is 28.0. The molecule has 242 valence electrons. The third kappa shape index (κ3) is 7.38. The van der Waals surface area contributed by atoms with Gasteiger partial charge in [-0.1, -0.05) is 32.0 Å². The molecule has 0 saturated heterocycles. The number of fused-ring (bicyclic) bond motifs is 1. The van der Waals surface area contributed by atoms with Crippen molar-refractivity contribution in [2.24, 2.45) is 20.5 Å². The molecule has 0 unspecified atom stereocenters. The van der Waals surface area contributed by atoms with Crippen molar-refractivity contribution >= 4 is 67.5 Å². The number of rotatable bonds is 12. The van der Waals surface area contributed by atoms with E-state index >= 15 is 0 Å². The number of hydrogen-bond donors (Lipinski definition) is 3. The molecule has 0 aliphatic rings. The summed E-state index contributed by atoms with van der Waals surface area (Å²) in [4.78, 5) is 0.614. The van der Waals surface area contributed by atoms with Gasteiger partial charge < -0.3 is 19.9 Å². The van der Waals surface area contributed by atoms with Crippen LogP contribution in [0, 0.1) is 0 Å². The Morgan fingerprint density at radius 1 is 0.766 bits per heavy atom. The molecule has 11 nitrogen and oxygen atoms in total. The lowest BCUT2D eigenvalue weighted by Crippen LogP contribution is -2.30. The second-order valence-corrected chi connectivity index (χ2v) is 12.6. The topological polar surface area (TPSA) is 138 Å². The number of para-hydroxylation sites is 1. The van der Waals surface area contributed by atoms with Crippen LogP contribution in [-0.2, 0) is 10.0 Å². The predicted octanol–water partition coefficient (Wildman–Crippen LogP) is 9.46. The average molecular weight is 671 g/mol. The maximum absolute atomic E-state index is 12.8. The Bertz CT molecular complexity index is 2050. The molecule has 13 heteroatoms. The van der Waals surface area contributed by atoms with E-state index in [2.05, 4.69) is 38.4 Å². The lowest BCUT2D eigenvalue weighted by Gasteiger charge is -2.18. The average Bonchev–Trinajstić information content (AvgIpc) is 3.08. The zero-order chi connectivity index (χ0) is 33.6. The Labute approximate surface area is 279 Å². The smallest absolute Gasteiger partial charge is 0.243 e. The maximum Gasteiger partial charge on any atom is 0.243 e. The fraction of sp³-hybridized carbons (Fsp3) is 0.176. The second kappa shape index (κ2) is 14.6. The number of thiol groups is 1. The molecule has 0 aliphatic carbocycles. The molecule has 0 aliphatic heterocycles. The van der Waals surface area contributed by atoms with Gasteiger partial charge in [0.05, 0.1) is 24.8 Å². The summed E-state index contributed by atoms with van der Waals surface area (Å²) in [6.45, 7) is 4.35. The number of sulfonamides is 1. The van der Waals surface area contributed by atoms with Crippen LogP contribution in [0.1, 0.15) is 13.8 Å². The Morgan fingerprint density at radius 2 is 1.38 bits per heavy atom. The molecule has 0 heterocycles. The summed E-state index contributed by atoms with van der Waals surface area (Å²) in [5.74, 6) is 0.619. The Morgan fingerprint density at radius 3 is 1.98 bits per heavy atom. The van der Waals surface area contributed by atoms with Gasteiger partial charge in [-0.15, -0.1) is 28.0 Å². The number of azo groups is 2. The summed E-state index contributed by atoms with van der Waals surface area (Å²) in [7, 11) is -0.618. The molecule has 0 saturated carbocycles. The van der Waals surface area contributed by atoms with Gasteiger partial charge in [-0.05, 0) is 66.0 Å². The molecule has 47 heavy (non-hydrogen) atoms. The third-order valence-electron chi connectivity index (χ3n) is 7.32. The number of ether oxygens (including phenoxy) is 2. The van der Waals surface area contributed by atoms with Crippen molar-refractivity contribution < 1.29 is 23.0 Å². The molecule has 5 aromatic carbocycles. The first-order valence-electron chi connectivity index (χ1n) is 14.7. The quantitative estimate of drug-likeness (QED) is 0.0893. The minimum Gasteiger partial charge on any atom is -0.505 e. The van der Waals surface area contributed by atoms with Crippen molar-refractivity contribution in [1.29, 1.82) is 0 Å². The predicted molar refractivity (Wildman–Crippen MR) is 187 cm³/mol. The molecule has 0 amide bonds. The Kier molecular flexibility index (Phi) is 10.4. The number of phenols is 1. The van der Waals surface area contributed by atoms with Crippen molar-refractivity contribution in [2.75, 3.05) is 32.6 Å². The van der Waals surface area contributed by atoms with Gasteiger partial charge in [0.15, 0.2) is 5.75 Å². The first-order valence-corrected chi connectivity index (χ1v) is 16.6. The summed E-state index contributed by atoms with van der Waals surface area (Å²) in [5, 5.41) is 33.0. The van der Waals surface area contributed by atoms with Crippen LogP contribution in [0.15, 0.2) is 121 Å². The highest BCUT2D eigenvalue weighted by molar-refractivity contribution is 7.89. The van der Waals surface area contributed by atoms with E-state index in [-0.39, 0.29) is 16.3 Å². The van der Waals surface area contributed by atoms with E-state index in [9.17, 15) is 13.5 Å². The normalized spacial score (nSPS) is 12.0. The lowest BCUT2D eigenvalue weighted by molar-refractivity contribution is 0.405. The van der Waals surface area contributed by atoms with Gasteiger partial charge >= 0.3 is 0 Å². The van der Waals surface area contributed by atoms with Crippen molar-refractivity contribution in [3.63, 3.8) is 0 Å². The van der Waals surface area contributed by atoms with Crippen LogP contribution < -0.4 is 14.8 Å². The molecule has 0 aromatic heterocycles. The van der Waals surface area contributed by atoms with Crippen LogP contribution in [0.5, 0.6) is 17.2 Å². The third-order valence-corrected chi connectivity index (χ3v) is 9.72. The number of benzene rings is 5. The first-order chi connectivity index (χ1) is 22.7. The monoisotopic (exact) mass is 670 g/mol. The van der Waals surface area contributed by atoms with Crippen molar-refractivity contribution in [3.05, 3.63) is 91.0 Å². The van der Waals surface area contributed by atoms with Crippen molar-refractivity contribution in [1.82, 2.24) is 4.31 Å². The zero-order valence-electron chi connectivity index (χ0n) is 26.2. The van der Waals surface area contributed by atoms with Crippen LogP contribution >= 0.6 is 12.6 Å². The molecule has 0 atom stereocenters. The number of methoxy groups -OCH3 is 2. The van der Waals surface area contributed by atoms with E-state index in [1.807, 2.05) is 54.6 Å². The van der Waals surface area contributed by atoms with Crippen molar-refractivity contribution in [2.45, 2.75) is 23.6 Å². The van der Waals surface area contributed by atoms with Gasteiger partial charge in [0, 0.05) is 46.9 Å². The highest BCUT2D eigenvalue weighted by Crippen LogP contribution is 2.44. The number of nitrogens with zero attached hydrogens (tertiary/aromatic N) is 5. The van der Waals surface area contributed by atoms with E-state index in [0.717, 1.165) is 16.8 Å². The lowest BCUT2D eigenvalue weighted by atomic mass is 10.1. The summed E-state index contributed by atoms with van der Waals surface area (Å²) in [6, 6.07) is 26.6. The number of nitrogens with one attached hydrogen (secondary N) is 1. The molecule has 5 rings (SSSR count). The highest BCUT2D eigenvalue weighted by Gasteiger charge is 2.21. The Hall–Kier alpha value is -4.98. The summed E-state index contributed by atoms with van der Waals surface area (Å²) in [6.07, 6.45) is 0. The minimum absolute atomic E-state index is 0.0604. The van der Waals surface area contributed by atoms with E-state index in [4.69, 9.17) is 9.47 Å². The number of hydrogen-bond acceptors (Lipinski definition) is 11. The van der Waals surface area contributed by atoms with Gasteiger partial charge in [-0.3, -0.25) is 0 Å². The summed E-state index contributed by atoms with van der Waals surface area (Å²) in [5.41, 5.74) is 3.13. The van der Waals surface area contributed by atoms with E-state index < -0.39 is 10.0 Å². The molecule has 0 radical (unpaired) electrons. The summed E-state index contributed by atoms with van der Waals surface area (Å²) >= 11 is 4.58. The standard InChI is InChI=1S/C34H34N6O5S2/c1-5-40(6-2)47(42,43)26-15-12-24(13-16-26)36-37-28-20-31(45-4)29(21-30(28)44-3)38-39-33-32(46)19-22-18-25(14-17-27(22)34(33)41)35-23-10-8-7-9-11-23/h7-21,35,41,46H,5-6H2,1-4H3. The molecular weight excluding hydrogens is 637 g/mol. The second-order valence-electron chi connectivity index (χ2n) is 10.2. The van der Waals surface area contributed by atoms with E-state index in [1.54, 1.807) is 38.1 Å². The first kappa shape index (κ1) is 33.4. The van der Waals surface area contributed by atoms with Crippen LogP contribution in [0.4, 0.5) is 34.1 Å². The molecule has 5 aromatic rings. The maximum atomic E-state index is 12.8. The van der Waals surface area contributed by atoms with Gasteiger partial charge in [0.1, 0.15) is 28.6 Å². The fourth-order valence-corrected chi connectivity index (χ4v) is 6.61. The largest absolute Gasteiger partial charge is 0.505 e. The van der Waals surface area contributed by atoms with Crippen LogP contribution in [0.3, 0.4) is 0 Å². The molecule has 0 spiro atoms. The van der Waals surface area contributed by atoms with Gasteiger partial charge in [0.25, 0.3) is 0 Å². The van der Waals surface area contributed by atoms with E-state index in [0.29, 0.717) is 51.9 Å².